The maximum atomic E-state index is 11.9. The van der Waals surface area contributed by atoms with E-state index in [0.717, 1.165) is 5.82 Å². The van der Waals surface area contributed by atoms with Gasteiger partial charge < -0.3 is 16.0 Å². The largest absolute Gasteiger partial charge is 0.373 e. The molecule has 1 unspecified atom stereocenters. The van der Waals surface area contributed by atoms with Crippen molar-refractivity contribution in [3.8, 4) is 0 Å². The third-order valence-corrected chi connectivity index (χ3v) is 3.13. The van der Waals surface area contributed by atoms with E-state index in [1.54, 1.807) is 13.1 Å². The van der Waals surface area contributed by atoms with Gasteiger partial charge in [0.2, 0.25) is 5.91 Å². The lowest BCUT2D eigenvalue weighted by atomic mass is 10.2. The topological polar surface area (TPSA) is 78.9 Å². The van der Waals surface area contributed by atoms with E-state index in [1.165, 1.54) is 11.8 Å². The zero-order valence-corrected chi connectivity index (χ0v) is 13.5. The summed E-state index contributed by atoms with van der Waals surface area (Å²) in [7, 11) is 1.80. The summed E-state index contributed by atoms with van der Waals surface area (Å²) in [6.07, 6.45) is 1.91. The number of thioether (sulfide) groups is 1. The van der Waals surface area contributed by atoms with E-state index in [2.05, 4.69) is 39.8 Å². The number of amides is 1. The number of hydrogen-bond acceptors (Lipinski definition) is 6. The van der Waals surface area contributed by atoms with E-state index >= 15 is 0 Å². The van der Waals surface area contributed by atoms with Crippen LogP contribution in [0.2, 0.25) is 0 Å². The predicted octanol–water partition coefficient (Wildman–Crippen LogP) is 1.81. The normalized spacial score (nSPS) is 12.1. The van der Waals surface area contributed by atoms with Crippen molar-refractivity contribution < 1.29 is 4.79 Å². The molecular weight excluding hydrogens is 274 g/mol. The molecule has 1 atom stereocenters. The predicted molar refractivity (Wildman–Crippen MR) is 84.3 cm³/mol. The average molecular weight is 297 g/mol. The maximum absolute atomic E-state index is 11.9. The van der Waals surface area contributed by atoms with Gasteiger partial charge in [-0.15, -0.1) is 0 Å². The Labute approximate surface area is 124 Å². The minimum atomic E-state index is -0.344. The van der Waals surface area contributed by atoms with E-state index in [9.17, 15) is 4.79 Å². The molecule has 0 aromatic carbocycles. The Morgan fingerprint density at radius 2 is 1.95 bits per heavy atom. The first-order chi connectivity index (χ1) is 9.46. The van der Waals surface area contributed by atoms with Gasteiger partial charge in [-0.1, -0.05) is 25.6 Å². The molecule has 0 saturated carbocycles. The third kappa shape index (κ3) is 5.24. The van der Waals surface area contributed by atoms with Crippen LogP contribution in [0.25, 0.3) is 0 Å². The molecule has 0 aliphatic heterocycles. The Kier molecular flexibility index (Phi) is 6.57. The highest BCUT2D eigenvalue weighted by Crippen LogP contribution is 2.17. The van der Waals surface area contributed by atoms with E-state index in [0.29, 0.717) is 23.4 Å². The molecule has 3 N–H and O–H groups in total. The van der Waals surface area contributed by atoms with Crippen molar-refractivity contribution in [3.63, 3.8) is 0 Å². The van der Waals surface area contributed by atoms with Crippen LogP contribution in [0.5, 0.6) is 0 Å². The Bertz CT molecular complexity index is 430. The number of anilines is 2. The van der Waals surface area contributed by atoms with Crippen molar-refractivity contribution in [2.75, 3.05) is 30.5 Å². The first-order valence-electron chi connectivity index (χ1n) is 6.61. The smallest absolute Gasteiger partial charge is 0.242 e. The second kappa shape index (κ2) is 7.94. The van der Waals surface area contributed by atoms with Crippen molar-refractivity contribution >= 4 is 29.3 Å². The summed E-state index contributed by atoms with van der Waals surface area (Å²) in [4.78, 5) is 20.5. The van der Waals surface area contributed by atoms with Gasteiger partial charge >= 0.3 is 0 Å². The van der Waals surface area contributed by atoms with Gasteiger partial charge in [-0.3, -0.25) is 4.79 Å². The molecule has 1 rings (SSSR count). The molecule has 1 amide bonds. The summed E-state index contributed by atoms with van der Waals surface area (Å²) in [5.74, 6) is 1.76. The molecule has 7 heteroatoms. The monoisotopic (exact) mass is 297 g/mol. The second-order valence-electron chi connectivity index (χ2n) is 4.88. The number of carbonyl (C=O) groups excluding carboxylic acids is 1. The molecule has 0 radical (unpaired) electrons. The van der Waals surface area contributed by atoms with Crippen LogP contribution in [-0.2, 0) is 4.79 Å². The lowest BCUT2D eigenvalue weighted by Crippen LogP contribution is -2.39. The molecule has 0 aliphatic rings. The molecular formula is C13H23N5OS. The summed E-state index contributed by atoms with van der Waals surface area (Å²) in [6.45, 7) is 6.61. The van der Waals surface area contributed by atoms with Crippen LogP contribution in [0.3, 0.4) is 0 Å². The quantitative estimate of drug-likeness (QED) is 0.526. The van der Waals surface area contributed by atoms with Crippen molar-refractivity contribution in [1.82, 2.24) is 15.3 Å². The Morgan fingerprint density at radius 3 is 2.50 bits per heavy atom. The molecule has 112 valence electrons. The molecule has 0 bridgehead atoms. The molecule has 20 heavy (non-hydrogen) atoms. The molecule has 1 aromatic rings. The van der Waals surface area contributed by atoms with Gasteiger partial charge in [0.25, 0.3) is 0 Å². The highest BCUT2D eigenvalue weighted by atomic mass is 32.2. The van der Waals surface area contributed by atoms with Gasteiger partial charge in [-0.25, -0.2) is 9.97 Å². The first-order valence-corrected chi connectivity index (χ1v) is 7.83. The minimum Gasteiger partial charge on any atom is -0.373 e. The molecule has 0 saturated heterocycles. The van der Waals surface area contributed by atoms with E-state index in [4.69, 9.17) is 0 Å². The molecule has 1 heterocycles. The lowest BCUT2D eigenvalue weighted by molar-refractivity contribution is -0.121. The van der Waals surface area contributed by atoms with Gasteiger partial charge in [-0.05, 0) is 19.1 Å². The fourth-order valence-electron chi connectivity index (χ4n) is 1.46. The van der Waals surface area contributed by atoms with Crippen LogP contribution in [0, 0.1) is 5.92 Å². The zero-order valence-electron chi connectivity index (χ0n) is 12.7. The van der Waals surface area contributed by atoms with Crippen molar-refractivity contribution in [1.29, 1.82) is 0 Å². The van der Waals surface area contributed by atoms with Gasteiger partial charge in [-0.2, -0.15) is 0 Å². The summed E-state index contributed by atoms with van der Waals surface area (Å²) in [5.41, 5.74) is 0. The Morgan fingerprint density at radius 1 is 1.30 bits per heavy atom. The molecule has 0 aliphatic carbocycles. The van der Waals surface area contributed by atoms with Crippen LogP contribution in [-0.4, -0.2) is 41.8 Å². The second-order valence-corrected chi connectivity index (χ2v) is 5.65. The molecule has 0 spiro atoms. The number of hydrogen-bond donors (Lipinski definition) is 3. The summed E-state index contributed by atoms with van der Waals surface area (Å²) >= 11 is 1.46. The minimum absolute atomic E-state index is 0.0333. The lowest BCUT2D eigenvalue weighted by Gasteiger charge is -2.16. The van der Waals surface area contributed by atoms with Gasteiger partial charge in [0.1, 0.15) is 17.7 Å². The van der Waals surface area contributed by atoms with Crippen molar-refractivity contribution in [2.45, 2.75) is 32.0 Å². The summed E-state index contributed by atoms with van der Waals surface area (Å²) in [6, 6.07) is 1.44. The molecule has 6 nitrogen and oxygen atoms in total. The van der Waals surface area contributed by atoms with Gasteiger partial charge in [0.15, 0.2) is 5.16 Å². The molecule has 1 aromatic heterocycles. The van der Waals surface area contributed by atoms with E-state index in [-0.39, 0.29) is 11.9 Å². The number of rotatable bonds is 7. The number of carbonyl (C=O) groups is 1. The highest BCUT2D eigenvalue weighted by Gasteiger charge is 2.14. The van der Waals surface area contributed by atoms with Crippen LogP contribution in [0.4, 0.5) is 11.6 Å². The van der Waals surface area contributed by atoms with Crippen molar-refractivity contribution in [3.05, 3.63) is 6.07 Å². The fourth-order valence-corrected chi connectivity index (χ4v) is 1.84. The number of nitrogens with one attached hydrogen (secondary N) is 3. The number of nitrogens with zero attached hydrogens (tertiary/aromatic N) is 2. The standard InChI is InChI=1S/C13H23N5OS/c1-8(2)7-15-12(19)9(3)16-11-6-10(14-4)17-13(18-11)20-5/h6,8-9H,7H2,1-5H3,(H,15,19)(H2,14,16,17,18). The van der Waals surface area contributed by atoms with E-state index < -0.39 is 0 Å². The van der Waals surface area contributed by atoms with Crippen LogP contribution >= 0.6 is 11.8 Å². The first kappa shape index (κ1) is 16.6. The SMILES string of the molecule is CNc1cc(NC(C)C(=O)NCC(C)C)nc(SC)n1. The van der Waals surface area contributed by atoms with Crippen LogP contribution < -0.4 is 16.0 Å². The van der Waals surface area contributed by atoms with Gasteiger partial charge in [0, 0.05) is 19.7 Å². The van der Waals surface area contributed by atoms with E-state index in [1.807, 2.05) is 13.2 Å². The highest BCUT2D eigenvalue weighted by molar-refractivity contribution is 7.98. The van der Waals surface area contributed by atoms with Gasteiger partial charge in [0.05, 0.1) is 0 Å². The maximum Gasteiger partial charge on any atom is 0.242 e. The van der Waals surface area contributed by atoms with Crippen LogP contribution in [0.15, 0.2) is 11.2 Å². The van der Waals surface area contributed by atoms with Crippen LogP contribution in [0.1, 0.15) is 20.8 Å². The zero-order chi connectivity index (χ0) is 15.1. The average Bonchev–Trinajstić information content (AvgIpc) is 2.43. The Hall–Kier alpha value is -1.50. The fraction of sp³-hybridized carbons (Fsp3) is 0.615. The Balaban J connectivity index is 2.69. The summed E-state index contributed by atoms with van der Waals surface area (Å²) in [5, 5.41) is 9.63. The van der Waals surface area contributed by atoms with Crippen molar-refractivity contribution in [2.24, 2.45) is 5.92 Å². The third-order valence-electron chi connectivity index (χ3n) is 2.59. The summed E-state index contributed by atoms with van der Waals surface area (Å²) < 4.78 is 0. The number of aromatic nitrogens is 2. The molecule has 0 fully saturated rings.